The number of halogens is 1. The largest absolute Gasteiger partial charge is 0.455 e. The van der Waals surface area contributed by atoms with Crippen molar-refractivity contribution in [2.75, 3.05) is 0 Å². The molecule has 0 aliphatic rings. The van der Waals surface area contributed by atoms with Crippen LogP contribution in [0.15, 0.2) is 34.4 Å². The molecule has 1 aromatic carbocycles. The molecule has 4 nitrogen and oxygen atoms in total. The van der Waals surface area contributed by atoms with Crippen LogP contribution in [0.2, 0.25) is 0 Å². The van der Waals surface area contributed by atoms with Gasteiger partial charge in [-0.25, -0.2) is 4.79 Å². The van der Waals surface area contributed by atoms with Crippen molar-refractivity contribution in [1.82, 2.24) is 5.32 Å². The maximum absolute atomic E-state index is 12.1. The summed E-state index contributed by atoms with van der Waals surface area (Å²) in [5.41, 5.74) is 0.283. The van der Waals surface area contributed by atoms with Crippen molar-refractivity contribution in [2.45, 2.75) is 33.3 Å². The molecule has 0 saturated carbocycles. The van der Waals surface area contributed by atoms with Crippen LogP contribution in [0.5, 0.6) is 0 Å². The summed E-state index contributed by atoms with van der Waals surface area (Å²) in [6.45, 7) is 6.67. The maximum Gasteiger partial charge on any atom is 0.355 e. The summed E-state index contributed by atoms with van der Waals surface area (Å²) in [7, 11) is 0. The molecule has 0 aliphatic heterocycles. The SMILES string of the molecule is CC(=O)NC(=Cc1cccc(Br)c1)C(=O)OC(C)(C)C. The predicted molar refractivity (Wildman–Crippen MR) is 81.8 cm³/mol. The smallest absolute Gasteiger partial charge is 0.355 e. The van der Waals surface area contributed by atoms with Crippen LogP contribution < -0.4 is 5.32 Å². The molecule has 1 amide bonds. The van der Waals surface area contributed by atoms with Gasteiger partial charge < -0.3 is 10.1 Å². The molecule has 108 valence electrons. The van der Waals surface area contributed by atoms with Gasteiger partial charge >= 0.3 is 5.97 Å². The van der Waals surface area contributed by atoms with E-state index in [0.717, 1.165) is 10.0 Å². The molecule has 0 heterocycles. The number of rotatable bonds is 3. The first-order chi connectivity index (χ1) is 9.17. The quantitative estimate of drug-likeness (QED) is 0.679. The van der Waals surface area contributed by atoms with Crippen LogP contribution in [-0.2, 0) is 14.3 Å². The van der Waals surface area contributed by atoms with Crippen LogP contribution in [0.25, 0.3) is 6.08 Å². The van der Waals surface area contributed by atoms with Crippen molar-refractivity contribution in [1.29, 1.82) is 0 Å². The van der Waals surface area contributed by atoms with E-state index in [9.17, 15) is 9.59 Å². The van der Waals surface area contributed by atoms with Crippen molar-refractivity contribution >= 4 is 33.9 Å². The van der Waals surface area contributed by atoms with Gasteiger partial charge in [-0.2, -0.15) is 0 Å². The van der Waals surface area contributed by atoms with Crippen LogP contribution in [0.1, 0.15) is 33.3 Å². The van der Waals surface area contributed by atoms with E-state index in [1.165, 1.54) is 6.92 Å². The fraction of sp³-hybridized carbons (Fsp3) is 0.333. The highest BCUT2D eigenvalue weighted by molar-refractivity contribution is 9.10. The Balaban J connectivity index is 3.06. The Bertz CT molecular complexity index is 544. The third kappa shape index (κ3) is 6.02. The Morgan fingerprint density at radius 1 is 1.30 bits per heavy atom. The summed E-state index contributed by atoms with van der Waals surface area (Å²) >= 11 is 3.36. The number of carbonyl (C=O) groups is 2. The summed E-state index contributed by atoms with van der Waals surface area (Å²) in [5, 5.41) is 2.50. The van der Waals surface area contributed by atoms with Gasteiger partial charge in [0, 0.05) is 11.4 Å². The third-order valence-corrected chi connectivity index (χ3v) is 2.58. The number of esters is 1. The third-order valence-electron chi connectivity index (χ3n) is 2.09. The zero-order valence-electron chi connectivity index (χ0n) is 12.0. The summed E-state index contributed by atoms with van der Waals surface area (Å²) in [5.74, 6) is -0.884. The van der Waals surface area contributed by atoms with E-state index in [1.54, 1.807) is 26.8 Å². The van der Waals surface area contributed by atoms with Gasteiger partial charge in [0.1, 0.15) is 11.3 Å². The molecule has 0 spiro atoms. The number of amides is 1. The molecule has 0 bridgehead atoms. The second-order valence-electron chi connectivity index (χ2n) is 5.30. The predicted octanol–water partition coefficient (Wildman–Crippen LogP) is 3.27. The summed E-state index contributed by atoms with van der Waals surface area (Å²) in [4.78, 5) is 23.3. The van der Waals surface area contributed by atoms with Gasteiger partial charge in [-0.05, 0) is 44.5 Å². The van der Waals surface area contributed by atoms with E-state index in [2.05, 4.69) is 21.2 Å². The molecule has 0 saturated heterocycles. The molecule has 5 heteroatoms. The summed E-state index contributed by atoms with van der Waals surface area (Å²) < 4.78 is 6.16. The lowest BCUT2D eigenvalue weighted by atomic mass is 10.1. The van der Waals surface area contributed by atoms with Gasteiger partial charge in [0.2, 0.25) is 5.91 Å². The molecule has 0 aliphatic carbocycles. The Morgan fingerprint density at radius 2 is 1.95 bits per heavy atom. The highest BCUT2D eigenvalue weighted by Gasteiger charge is 2.20. The van der Waals surface area contributed by atoms with Crippen LogP contribution in [0, 0.1) is 0 Å². The molecule has 0 atom stereocenters. The van der Waals surface area contributed by atoms with Crippen LogP contribution in [0.3, 0.4) is 0 Å². The minimum atomic E-state index is -0.619. The minimum absolute atomic E-state index is 0.116. The first-order valence-electron chi connectivity index (χ1n) is 6.15. The normalized spacial score (nSPS) is 11.9. The van der Waals surface area contributed by atoms with Crippen molar-refractivity contribution in [3.05, 3.63) is 40.0 Å². The minimum Gasteiger partial charge on any atom is -0.455 e. The highest BCUT2D eigenvalue weighted by Crippen LogP contribution is 2.16. The lowest BCUT2D eigenvalue weighted by molar-refractivity contribution is -0.150. The Morgan fingerprint density at radius 3 is 2.45 bits per heavy atom. The lowest BCUT2D eigenvalue weighted by Gasteiger charge is -2.20. The van der Waals surface area contributed by atoms with E-state index in [1.807, 2.05) is 24.3 Å². The average Bonchev–Trinajstić information content (AvgIpc) is 2.25. The van der Waals surface area contributed by atoms with Gasteiger partial charge in [-0.1, -0.05) is 28.1 Å². The highest BCUT2D eigenvalue weighted by atomic mass is 79.9. The average molecular weight is 340 g/mol. The first-order valence-corrected chi connectivity index (χ1v) is 6.95. The topological polar surface area (TPSA) is 55.4 Å². The zero-order valence-corrected chi connectivity index (χ0v) is 13.6. The van der Waals surface area contributed by atoms with Crippen molar-refractivity contribution in [2.24, 2.45) is 0 Å². The molecule has 1 N–H and O–H groups in total. The molecular formula is C15H18BrNO3. The number of carbonyl (C=O) groups excluding carboxylic acids is 2. The van der Waals surface area contributed by atoms with Gasteiger partial charge in [-0.15, -0.1) is 0 Å². The lowest BCUT2D eigenvalue weighted by Crippen LogP contribution is -2.31. The molecule has 0 aromatic heterocycles. The second-order valence-corrected chi connectivity index (χ2v) is 6.21. The molecule has 1 rings (SSSR count). The van der Waals surface area contributed by atoms with Crippen molar-refractivity contribution in [3.63, 3.8) is 0 Å². The van der Waals surface area contributed by atoms with Crippen molar-refractivity contribution in [3.8, 4) is 0 Å². The number of hydrogen-bond donors (Lipinski definition) is 1. The first kappa shape index (κ1) is 16.4. The van der Waals surface area contributed by atoms with Gasteiger partial charge in [-0.3, -0.25) is 4.79 Å². The van der Waals surface area contributed by atoms with Crippen molar-refractivity contribution < 1.29 is 14.3 Å². The monoisotopic (exact) mass is 339 g/mol. The molecule has 0 fully saturated rings. The van der Waals surface area contributed by atoms with E-state index < -0.39 is 11.6 Å². The van der Waals surface area contributed by atoms with Gasteiger partial charge in [0.25, 0.3) is 0 Å². The summed E-state index contributed by atoms with van der Waals surface area (Å²) in [6, 6.07) is 7.39. The molecule has 0 radical (unpaired) electrons. The van der Waals surface area contributed by atoms with Gasteiger partial charge in [0.15, 0.2) is 0 Å². The number of nitrogens with one attached hydrogen (secondary N) is 1. The molecule has 0 unspecified atom stereocenters. The molecular weight excluding hydrogens is 322 g/mol. The van der Waals surface area contributed by atoms with E-state index in [-0.39, 0.29) is 11.6 Å². The number of benzene rings is 1. The standard InChI is InChI=1S/C15H18BrNO3/c1-10(18)17-13(14(19)20-15(2,3)4)9-11-6-5-7-12(16)8-11/h5-9H,1-4H3,(H,17,18). The zero-order chi connectivity index (χ0) is 15.3. The Hall–Kier alpha value is -1.62. The number of hydrogen-bond acceptors (Lipinski definition) is 3. The van der Waals surface area contributed by atoms with Crippen LogP contribution in [-0.4, -0.2) is 17.5 Å². The number of ether oxygens (including phenoxy) is 1. The fourth-order valence-electron chi connectivity index (χ4n) is 1.43. The second kappa shape index (κ2) is 6.70. The summed E-state index contributed by atoms with van der Waals surface area (Å²) in [6.07, 6.45) is 1.58. The van der Waals surface area contributed by atoms with E-state index in [4.69, 9.17) is 4.74 Å². The van der Waals surface area contributed by atoms with E-state index in [0.29, 0.717) is 0 Å². The van der Waals surface area contributed by atoms with Crippen LogP contribution >= 0.6 is 15.9 Å². The molecule has 20 heavy (non-hydrogen) atoms. The Kier molecular flexibility index (Phi) is 5.51. The molecule has 1 aromatic rings. The van der Waals surface area contributed by atoms with Gasteiger partial charge in [0.05, 0.1) is 0 Å². The van der Waals surface area contributed by atoms with Crippen LogP contribution in [0.4, 0.5) is 0 Å². The maximum atomic E-state index is 12.1. The fourth-order valence-corrected chi connectivity index (χ4v) is 1.85. The van der Waals surface area contributed by atoms with E-state index >= 15 is 0 Å². The Labute approximate surface area is 127 Å².